The van der Waals surface area contributed by atoms with Crippen molar-refractivity contribution in [2.75, 3.05) is 7.11 Å². The molecule has 1 N–H and O–H groups in total. The van der Waals surface area contributed by atoms with Gasteiger partial charge in [0.25, 0.3) is 5.56 Å². The first-order valence-corrected chi connectivity index (χ1v) is 11.9. The molecule has 0 atom stereocenters. The van der Waals surface area contributed by atoms with Crippen LogP contribution < -0.4 is 15.0 Å². The molecule has 8 nitrogen and oxygen atoms in total. The van der Waals surface area contributed by atoms with Crippen LogP contribution in [0.5, 0.6) is 11.5 Å². The molecule has 0 aliphatic rings. The molecular formula is C25H19Br2N3O5. The lowest BCUT2D eigenvalue weighted by Crippen LogP contribution is -2.20. The number of aryl methyl sites for hydroxylation is 1. The van der Waals surface area contributed by atoms with Gasteiger partial charge in [0.15, 0.2) is 11.5 Å². The Bertz CT molecular complexity index is 1510. The zero-order valence-electron chi connectivity index (χ0n) is 18.7. The van der Waals surface area contributed by atoms with Crippen molar-refractivity contribution in [2.45, 2.75) is 13.5 Å². The first kappa shape index (κ1) is 24.6. The number of rotatable bonds is 7. The number of carboxylic acid groups (broad SMARTS) is 1. The number of fused-ring (bicyclic) bond motifs is 1. The highest BCUT2D eigenvalue weighted by Gasteiger charge is 2.14. The second-order valence-electron chi connectivity index (χ2n) is 7.50. The number of halogens is 2. The summed E-state index contributed by atoms with van der Waals surface area (Å²) in [4.78, 5) is 28.6. The van der Waals surface area contributed by atoms with Gasteiger partial charge in [0, 0.05) is 14.5 Å². The molecule has 4 aromatic rings. The van der Waals surface area contributed by atoms with Gasteiger partial charge in [0.1, 0.15) is 12.4 Å². The van der Waals surface area contributed by atoms with Crippen LogP contribution >= 0.6 is 31.9 Å². The zero-order chi connectivity index (χ0) is 25.1. The van der Waals surface area contributed by atoms with Crippen LogP contribution in [-0.4, -0.2) is 34.1 Å². The lowest BCUT2D eigenvalue weighted by molar-refractivity contribution is 0.0697. The quantitative estimate of drug-likeness (QED) is 0.285. The summed E-state index contributed by atoms with van der Waals surface area (Å²) in [5, 5.41) is 13.9. The molecule has 0 amide bonds. The molecule has 35 heavy (non-hydrogen) atoms. The third-order valence-electron chi connectivity index (χ3n) is 5.13. The van der Waals surface area contributed by atoms with Crippen LogP contribution in [0.25, 0.3) is 10.9 Å². The van der Waals surface area contributed by atoms with Gasteiger partial charge in [-0.1, -0.05) is 44.0 Å². The number of aromatic carboxylic acids is 1. The number of carboxylic acids is 1. The molecule has 10 heteroatoms. The largest absolute Gasteiger partial charge is 0.493 e. The number of benzene rings is 3. The molecule has 0 radical (unpaired) electrons. The highest BCUT2D eigenvalue weighted by atomic mass is 79.9. The molecule has 0 aliphatic carbocycles. The van der Waals surface area contributed by atoms with E-state index in [9.17, 15) is 9.59 Å². The third kappa shape index (κ3) is 5.44. The maximum absolute atomic E-state index is 13.1. The van der Waals surface area contributed by atoms with Gasteiger partial charge in [0.05, 0.1) is 29.8 Å². The predicted octanol–water partition coefficient (Wildman–Crippen LogP) is 5.40. The second kappa shape index (κ2) is 10.4. The van der Waals surface area contributed by atoms with E-state index in [1.807, 2.05) is 6.07 Å². The monoisotopic (exact) mass is 599 g/mol. The number of nitrogens with zero attached hydrogens (tertiary/aromatic N) is 3. The SMILES string of the molecule is COc1cc(Br)cc(C=Nn2c(C)nc3ccc(Br)cc3c2=O)c1OCc1ccc(C(=O)O)cc1. The molecule has 4 rings (SSSR count). The van der Waals surface area contributed by atoms with Crippen molar-refractivity contribution in [3.8, 4) is 11.5 Å². The Balaban J connectivity index is 1.70. The zero-order valence-corrected chi connectivity index (χ0v) is 21.8. The number of aromatic nitrogens is 2. The summed E-state index contributed by atoms with van der Waals surface area (Å²) in [7, 11) is 1.52. The fraction of sp³-hybridized carbons (Fsp3) is 0.120. The smallest absolute Gasteiger partial charge is 0.335 e. The summed E-state index contributed by atoms with van der Waals surface area (Å²) in [5.41, 5.74) is 1.83. The summed E-state index contributed by atoms with van der Waals surface area (Å²) in [6.07, 6.45) is 1.51. The van der Waals surface area contributed by atoms with Gasteiger partial charge in [-0.15, -0.1) is 0 Å². The fourth-order valence-electron chi connectivity index (χ4n) is 3.41. The van der Waals surface area contributed by atoms with Gasteiger partial charge in [-0.2, -0.15) is 9.78 Å². The minimum atomic E-state index is -0.994. The van der Waals surface area contributed by atoms with Crippen LogP contribution in [0.4, 0.5) is 0 Å². The fourth-order valence-corrected chi connectivity index (χ4v) is 4.22. The number of hydrogen-bond acceptors (Lipinski definition) is 6. The number of hydrogen-bond donors (Lipinski definition) is 1. The van der Waals surface area contributed by atoms with E-state index in [0.717, 1.165) is 14.5 Å². The first-order valence-electron chi connectivity index (χ1n) is 10.3. The molecule has 3 aromatic carbocycles. The molecule has 0 bridgehead atoms. The standard InChI is InChI=1S/C25H19Br2N3O5/c1-14-29-21-8-7-18(26)10-20(21)24(31)30(14)28-12-17-9-19(27)11-22(34-2)23(17)35-13-15-3-5-16(6-4-15)25(32)33/h3-12H,13H2,1-2H3,(H,32,33). The topological polar surface area (TPSA) is 103 Å². The van der Waals surface area contributed by atoms with Crippen molar-refractivity contribution in [3.63, 3.8) is 0 Å². The van der Waals surface area contributed by atoms with E-state index in [0.29, 0.717) is 33.8 Å². The Kier molecular flexibility index (Phi) is 7.32. The normalized spacial score (nSPS) is 11.2. The number of carbonyl (C=O) groups is 1. The molecule has 0 aliphatic heterocycles. The highest BCUT2D eigenvalue weighted by molar-refractivity contribution is 9.10. The lowest BCUT2D eigenvalue weighted by Gasteiger charge is -2.14. The maximum Gasteiger partial charge on any atom is 0.335 e. The van der Waals surface area contributed by atoms with E-state index < -0.39 is 5.97 Å². The van der Waals surface area contributed by atoms with Crippen molar-refractivity contribution >= 4 is 54.9 Å². The molecule has 1 aromatic heterocycles. The Hall–Kier alpha value is -3.50. The van der Waals surface area contributed by atoms with Crippen LogP contribution in [-0.2, 0) is 6.61 Å². The average Bonchev–Trinajstić information content (AvgIpc) is 2.83. The minimum Gasteiger partial charge on any atom is -0.493 e. The van der Waals surface area contributed by atoms with Crippen molar-refractivity contribution in [1.82, 2.24) is 9.66 Å². The van der Waals surface area contributed by atoms with Gasteiger partial charge in [-0.3, -0.25) is 4.79 Å². The third-order valence-corrected chi connectivity index (χ3v) is 6.09. The lowest BCUT2D eigenvalue weighted by atomic mass is 10.1. The summed E-state index contributed by atoms with van der Waals surface area (Å²) in [5.74, 6) is 0.326. The van der Waals surface area contributed by atoms with Crippen LogP contribution in [0, 0.1) is 6.92 Å². The van der Waals surface area contributed by atoms with Gasteiger partial charge >= 0.3 is 5.97 Å². The molecule has 0 saturated carbocycles. The summed E-state index contributed by atoms with van der Waals surface area (Å²) >= 11 is 6.85. The number of ether oxygens (including phenoxy) is 2. The van der Waals surface area contributed by atoms with Gasteiger partial charge in [0.2, 0.25) is 0 Å². The van der Waals surface area contributed by atoms with Gasteiger partial charge in [-0.05, 0) is 55.0 Å². The molecule has 0 unspecified atom stereocenters. The van der Waals surface area contributed by atoms with Gasteiger partial charge in [-0.25, -0.2) is 9.78 Å². The van der Waals surface area contributed by atoms with Crippen LogP contribution in [0.15, 0.2) is 73.4 Å². The average molecular weight is 601 g/mol. The van der Waals surface area contributed by atoms with E-state index in [4.69, 9.17) is 14.6 Å². The molecule has 0 saturated heterocycles. The van der Waals surface area contributed by atoms with Crippen LogP contribution in [0.2, 0.25) is 0 Å². The Morgan fingerprint density at radius 1 is 1.11 bits per heavy atom. The maximum atomic E-state index is 13.1. The van der Waals surface area contributed by atoms with E-state index in [2.05, 4.69) is 41.9 Å². The van der Waals surface area contributed by atoms with Crippen molar-refractivity contribution in [1.29, 1.82) is 0 Å². The molecule has 0 fully saturated rings. The Morgan fingerprint density at radius 3 is 2.54 bits per heavy atom. The molecular weight excluding hydrogens is 582 g/mol. The predicted molar refractivity (Wildman–Crippen MR) is 140 cm³/mol. The van der Waals surface area contributed by atoms with Crippen molar-refractivity contribution < 1.29 is 19.4 Å². The molecule has 1 heterocycles. The van der Waals surface area contributed by atoms with E-state index >= 15 is 0 Å². The van der Waals surface area contributed by atoms with E-state index in [-0.39, 0.29) is 17.7 Å². The van der Waals surface area contributed by atoms with E-state index in [1.165, 1.54) is 30.1 Å². The Labute approximate surface area is 217 Å². The van der Waals surface area contributed by atoms with Crippen molar-refractivity contribution in [3.05, 3.63) is 96.4 Å². The van der Waals surface area contributed by atoms with Crippen LogP contribution in [0.3, 0.4) is 0 Å². The molecule has 178 valence electrons. The van der Waals surface area contributed by atoms with Crippen molar-refractivity contribution in [2.24, 2.45) is 5.10 Å². The summed E-state index contributed by atoms with van der Waals surface area (Å²) < 4.78 is 14.3. The Morgan fingerprint density at radius 2 is 1.86 bits per heavy atom. The summed E-state index contributed by atoms with van der Waals surface area (Å²) in [6, 6.07) is 15.3. The summed E-state index contributed by atoms with van der Waals surface area (Å²) in [6.45, 7) is 1.88. The number of methoxy groups -OCH3 is 1. The molecule has 0 spiro atoms. The van der Waals surface area contributed by atoms with Crippen LogP contribution in [0.1, 0.15) is 27.3 Å². The highest BCUT2D eigenvalue weighted by Crippen LogP contribution is 2.34. The second-order valence-corrected chi connectivity index (χ2v) is 9.33. The van der Waals surface area contributed by atoms with E-state index in [1.54, 1.807) is 43.3 Å². The first-order chi connectivity index (χ1) is 16.8. The van der Waals surface area contributed by atoms with Gasteiger partial charge < -0.3 is 14.6 Å². The minimum absolute atomic E-state index is 0.170.